The summed E-state index contributed by atoms with van der Waals surface area (Å²) in [5.74, 6) is 0.580. The molecule has 2 atom stereocenters. The first-order valence-electron chi connectivity index (χ1n) is 7.16. The van der Waals surface area contributed by atoms with Crippen molar-refractivity contribution in [3.05, 3.63) is 35.4 Å². The molecule has 0 unspecified atom stereocenters. The second kappa shape index (κ2) is 8.05. The Balaban J connectivity index is 2.74. The van der Waals surface area contributed by atoms with Gasteiger partial charge in [-0.3, -0.25) is 4.79 Å². The van der Waals surface area contributed by atoms with Crippen LogP contribution in [-0.2, 0) is 20.7 Å². The number of rotatable bonds is 7. The van der Waals surface area contributed by atoms with Gasteiger partial charge in [-0.15, -0.1) is 0 Å². The number of ether oxygens (including phenoxy) is 2. The van der Waals surface area contributed by atoms with E-state index in [1.54, 1.807) is 7.11 Å². The van der Waals surface area contributed by atoms with Gasteiger partial charge in [-0.1, -0.05) is 45.0 Å². The van der Waals surface area contributed by atoms with Gasteiger partial charge in [0.05, 0.1) is 19.6 Å². The molecule has 112 valence electrons. The summed E-state index contributed by atoms with van der Waals surface area (Å²) in [6, 6.07) is 8.59. The Morgan fingerprint density at radius 1 is 1.10 bits per heavy atom. The molecule has 0 aliphatic rings. The quantitative estimate of drug-likeness (QED) is 0.715. The molecule has 0 aromatic heterocycles. The van der Waals surface area contributed by atoms with Crippen LogP contribution in [-0.4, -0.2) is 26.3 Å². The van der Waals surface area contributed by atoms with Crippen molar-refractivity contribution in [3.8, 4) is 0 Å². The Hall–Kier alpha value is -1.35. The molecule has 0 N–H and O–H groups in total. The molecule has 0 radical (unpaired) electrons. The summed E-state index contributed by atoms with van der Waals surface area (Å²) in [6.45, 7) is 6.51. The molecule has 0 aliphatic carbocycles. The van der Waals surface area contributed by atoms with E-state index in [1.165, 1.54) is 18.2 Å². The zero-order valence-electron chi connectivity index (χ0n) is 13.2. The second-order valence-electron chi connectivity index (χ2n) is 5.68. The highest BCUT2D eigenvalue weighted by Crippen LogP contribution is 2.24. The Bertz CT molecular complexity index is 409. The minimum atomic E-state index is -0.236. The van der Waals surface area contributed by atoms with Crippen LogP contribution in [0.2, 0.25) is 0 Å². The molecule has 0 spiro atoms. The van der Waals surface area contributed by atoms with Crippen molar-refractivity contribution in [2.24, 2.45) is 5.92 Å². The van der Waals surface area contributed by atoms with Gasteiger partial charge in [0, 0.05) is 13.0 Å². The standard InChI is InChI=1S/C17H26O3/c1-12(2)10-14-6-8-15(9-7-14)13(3)16(19-4)11-17(18)20-5/h6-9,12-13,16H,10-11H2,1-5H3/t13-,16-/m1/s1. The topological polar surface area (TPSA) is 35.5 Å². The van der Waals surface area contributed by atoms with Gasteiger partial charge >= 0.3 is 5.97 Å². The second-order valence-corrected chi connectivity index (χ2v) is 5.68. The normalized spacial score (nSPS) is 14.1. The number of esters is 1. The van der Waals surface area contributed by atoms with Gasteiger partial charge in [0.2, 0.25) is 0 Å². The van der Waals surface area contributed by atoms with Crippen molar-refractivity contribution < 1.29 is 14.3 Å². The van der Waals surface area contributed by atoms with E-state index in [4.69, 9.17) is 9.47 Å². The Morgan fingerprint density at radius 3 is 2.15 bits per heavy atom. The molecule has 0 fully saturated rings. The van der Waals surface area contributed by atoms with Gasteiger partial charge in [-0.2, -0.15) is 0 Å². The largest absolute Gasteiger partial charge is 0.469 e. The molecule has 0 heterocycles. The lowest BCUT2D eigenvalue weighted by molar-refractivity contribution is -0.143. The Labute approximate surface area is 122 Å². The van der Waals surface area contributed by atoms with E-state index in [1.807, 2.05) is 0 Å². The number of hydrogen-bond acceptors (Lipinski definition) is 3. The zero-order valence-corrected chi connectivity index (χ0v) is 13.2. The molecular formula is C17H26O3. The predicted molar refractivity (Wildman–Crippen MR) is 80.8 cm³/mol. The van der Waals surface area contributed by atoms with Gasteiger partial charge in [0.15, 0.2) is 0 Å². The third kappa shape index (κ3) is 4.97. The molecule has 1 aromatic carbocycles. The molecule has 3 heteroatoms. The monoisotopic (exact) mass is 278 g/mol. The van der Waals surface area contributed by atoms with Gasteiger partial charge in [-0.05, 0) is 23.5 Å². The molecule has 3 nitrogen and oxygen atoms in total. The molecule has 0 saturated carbocycles. The van der Waals surface area contributed by atoms with E-state index in [9.17, 15) is 4.79 Å². The van der Waals surface area contributed by atoms with E-state index >= 15 is 0 Å². The minimum Gasteiger partial charge on any atom is -0.469 e. The van der Waals surface area contributed by atoms with Crippen LogP contribution in [0, 0.1) is 5.92 Å². The van der Waals surface area contributed by atoms with Gasteiger partial charge in [-0.25, -0.2) is 0 Å². The van der Waals surface area contributed by atoms with Crippen LogP contribution in [0.25, 0.3) is 0 Å². The molecular weight excluding hydrogens is 252 g/mol. The number of carbonyl (C=O) groups excluding carboxylic acids is 1. The number of benzene rings is 1. The minimum absolute atomic E-state index is 0.154. The van der Waals surface area contributed by atoms with Crippen LogP contribution in [0.3, 0.4) is 0 Å². The van der Waals surface area contributed by atoms with E-state index in [0.29, 0.717) is 5.92 Å². The van der Waals surface area contributed by atoms with Gasteiger partial charge in [0.25, 0.3) is 0 Å². The first-order valence-corrected chi connectivity index (χ1v) is 7.16. The molecule has 0 bridgehead atoms. The SMILES string of the molecule is COC(=O)C[C@@H](OC)[C@H](C)c1ccc(CC(C)C)cc1. The number of methoxy groups -OCH3 is 2. The van der Waals surface area contributed by atoms with Crippen LogP contribution in [0.5, 0.6) is 0 Å². The number of hydrogen-bond donors (Lipinski definition) is 0. The van der Waals surface area contributed by atoms with Gasteiger partial charge < -0.3 is 9.47 Å². The highest BCUT2D eigenvalue weighted by Gasteiger charge is 2.22. The maximum Gasteiger partial charge on any atom is 0.308 e. The lowest BCUT2D eigenvalue weighted by atomic mass is 9.91. The Kier molecular flexibility index (Phi) is 6.73. The van der Waals surface area contributed by atoms with Crippen LogP contribution in [0.15, 0.2) is 24.3 Å². The van der Waals surface area contributed by atoms with E-state index in [2.05, 4.69) is 45.0 Å². The molecule has 1 rings (SSSR count). The van der Waals surface area contributed by atoms with Crippen molar-refractivity contribution in [3.63, 3.8) is 0 Å². The molecule has 0 amide bonds. The van der Waals surface area contributed by atoms with E-state index < -0.39 is 0 Å². The lowest BCUT2D eigenvalue weighted by Crippen LogP contribution is -2.23. The smallest absolute Gasteiger partial charge is 0.308 e. The first kappa shape index (κ1) is 16.7. The lowest BCUT2D eigenvalue weighted by Gasteiger charge is -2.22. The van der Waals surface area contributed by atoms with Crippen LogP contribution in [0.1, 0.15) is 44.2 Å². The fourth-order valence-corrected chi connectivity index (χ4v) is 2.36. The molecule has 1 aromatic rings. The van der Waals surface area contributed by atoms with Crippen molar-refractivity contribution in [2.75, 3.05) is 14.2 Å². The summed E-state index contributed by atoms with van der Waals surface area (Å²) < 4.78 is 10.1. The maximum atomic E-state index is 11.4. The summed E-state index contributed by atoms with van der Waals surface area (Å²) in [5, 5.41) is 0. The Morgan fingerprint density at radius 2 is 1.70 bits per heavy atom. The third-order valence-corrected chi connectivity index (χ3v) is 3.61. The van der Waals surface area contributed by atoms with Crippen LogP contribution >= 0.6 is 0 Å². The van der Waals surface area contributed by atoms with Crippen LogP contribution < -0.4 is 0 Å². The average molecular weight is 278 g/mol. The van der Waals surface area contributed by atoms with E-state index in [-0.39, 0.29) is 24.4 Å². The summed E-state index contributed by atoms with van der Waals surface area (Å²) in [4.78, 5) is 11.4. The fraction of sp³-hybridized carbons (Fsp3) is 0.588. The van der Waals surface area contributed by atoms with Crippen molar-refractivity contribution in [1.29, 1.82) is 0 Å². The summed E-state index contributed by atoms with van der Waals surface area (Å²) in [6.07, 6.45) is 1.21. The average Bonchev–Trinajstić information content (AvgIpc) is 2.44. The predicted octanol–water partition coefficient (Wildman–Crippen LogP) is 3.57. The molecule has 20 heavy (non-hydrogen) atoms. The van der Waals surface area contributed by atoms with Crippen LogP contribution in [0.4, 0.5) is 0 Å². The fourth-order valence-electron chi connectivity index (χ4n) is 2.36. The van der Waals surface area contributed by atoms with E-state index in [0.717, 1.165) is 6.42 Å². The van der Waals surface area contributed by atoms with Crippen molar-refractivity contribution in [1.82, 2.24) is 0 Å². The third-order valence-electron chi connectivity index (χ3n) is 3.61. The highest BCUT2D eigenvalue weighted by atomic mass is 16.5. The molecule has 0 aliphatic heterocycles. The first-order chi connectivity index (χ1) is 9.47. The summed E-state index contributed by atoms with van der Waals surface area (Å²) >= 11 is 0. The maximum absolute atomic E-state index is 11.4. The van der Waals surface area contributed by atoms with Crippen molar-refractivity contribution in [2.45, 2.75) is 45.6 Å². The highest BCUT2D eigenvalue weighted by molar-refractivity contribution is 5.69. The number of carbonyl (C=O) groups is 1. The van der Waals surface area contributed by atoms with Crippen molar-refractivity contribution >= 4 is 5.97 Å². The summed E-state index contributed by atoms with van der Waals surface area (Å²) in [7, 11) is 3.04. The van der Waals surface area contributed by atoms with Gasteiger partial charge in [0.1, 0.15) is 0 Å². The molecule has 0 saturated heterocycles. The summed E-state index contributed by atoms with van der Waals surface area (Å²) in [5.41, 5.74) is 2.53. The zero-order chi connectivity index (χ0) is 15.1.